The Morgan fingerprint density at radius 3 is 2.35 bits per heavy atom. The number of hydrogen-bond donors (Lipinski definition) is 1. The molecular weight excluding hydrogens is 702 g/mol. The molecule has 5 atom stereocenters. The van der Waals surface area contributed by atoms with Crippen molar-refractivity contribution in [3.05, 3.63) is 119 Å². The third-order valence-electron chi connectivity index (χ3n) is 12.1. The van der Waals surface area contributed by atoms with Gasteiger partial charge in [0.1, 0.15) is 5.75 Å². The second kappa shape index (κ2) is 13.8. The molecule has 280 valence electrons. The molecule has 11 heteroatoms. The molecule has 4 aliphatic heterocycles. The fourth-order valence-corrected chi connectivity index (χ4v) is 12.0. The Kier molecular flexibility index (Phi) is 9.22. The topological polar surface area (TPSA) is 99.6 Å². The zero-order valence-electron chi connectivity index (χ0n) is 31.1. The number of fused-ring (bicyclic) bond motifs is 4. The molecule has 0 radical (unpaired) electrons. The van der Waals surface area contributed by atoms with E-state index in [1.807, 2.05) is 91.9 Å². The molecule has 0 unspecified atom stereocenters. The summed E-state index contributed by atoms with van der Waals surface area (Å²) in [6.07, 6.45) is 0.702. The van der Waals surface area contributed by atoms with Gasteiger partial charge in [0.2, 0.25) is 20.2 Å². The number of aryl methyl sites for hydroxylation is 1. The molecule has 3 amide bonds. The van der Waals surface area contributed by atoms with Crippen LogP contribution in [0, 0.1) is 5.92 Å². The van der Waals surface area contributed by atoms with Crippen LogP contribution in [0.2, 0.25) is 18.6 Å². The Morgan fingerprint density at radius 1 is 0.944 bits per heavy atom. The monoisotopic (exact) mass is 747 g/mol. The molecule has 4 aliphatic rings. The Hall–Kier alpha value is -4.84. The summed E-state index contributed by atoms with van der Waals surface area (Å²) in [5.41, 5.74) is 4.77. The molecule has 4 aromatic carbocycles. The van der Waals surface area contributed by atoms with Gasteiger partial charge in [0.05, 0.1) is 50.2 Å². The van der Waals surface area contributed by atoms with E-state index < -0.39 is 37.6 Å². The van der Waals surface area contributed by atoms with Crippen molar-refractivity contribution in [1.29, 1.82) is 0 Å². The minimum absolute atomic E-state index is 0.0345. The van der Waals surface area contributed by atoms with Gasteiger partial charge < -0.3 is 28.5 Å². The maximum absolute atomic E-state index is 16.6. The molecule has 0 aliphatic carbocycles. The van der Waals surface area contributed by atoms with Gasteiger partial charge in [-0.05, 0) is 84.6 Å². The second-order valence-electron chi connectivity index (χ2n) is 15.6. The number of amides is 3. The number of ether oxygens (including phenoxy) is 2. The quantitative estimate of drug-likeness (QED) is 0.155. The van der Waals surface area contributed by atoms with Crippen LogP contribution in [0.5, 0.6) is 5.75 Å². The number of aliphatic hydroxyl groups is 1. The van der Waals surface area contributed by atoms with Crippen molar-refractivity contribution in [2.75, 3.05) is 23.5 Å². The summed E-state index contributed by atoms with van der Waals surface area (Å²) >= 11 is 0. The van der Waals surface area contributed by atoms with Crippen LogP contribution in [0.25, 0.3) is 0 Å². The molecule has 1 fully saturated rings. The van der Waals surface area contributed by atoms with Crippen LogP contribution < -0.4 is 14.5 Å². The summed E-state index contributed by atoms with van der Waals surface area (Å²) < 4.78 is 29.1. The van der Waals surface area contributed by atoms with Crippen LogP contribution in [-0.4, -0.2) is 62.0 Å². The zero-order chi connectivity index (χ0) is 37.9. The molecule has 4 heterocycles. The molecule has 1 N–H and O–H groups in total. The first-order valence-electron chi connectivity index (χ1n) is 18.8. The minimum Gasteiger partial charge on any atom is -0.497 e. The molecule has 4 aromatic rings. The summed E-state index contributed by atoms with van der Waals surface area (Å²) in [5.74, 6) is -0.550. The minimum atomic E-state index is -3.55. The number of methoxy groups -OCH3 is 1. The molecule has 0 saturated carbocycles. The number of halogens is 1. The summed E-state index contributed by atoms with van der Waals surface area (Å²) in [4.78, 5) is 47.4. The van der Waals surface area contributed by atoms with Crippen molar-refractivity contribution < 1.29 is 33.1 Å². The van der Waals surface area contributed by atoms with Gasteiger partial charge in [-0.15, -0.1) is 0 Å². The van der Waals surface area contributed by atoms with Gasteiger partial charge in [-0.25, -0.2) is 0 Å². The van der Waals surface area contributed by atoms with E-state index >= 15 is 8.90 Å². The average Bonchev–Trinajstić information content (AvgIpc) is 3.59. The van der Waals surface area contributed by atoms with E-state index in [4.69, 9.17) is 9.47 Å². The van der Waals surface area contributed by atoms with Crippen LogP contribution in [-0.2, 0) is 50.7 Å². The fraction of sp³-hybridized carbons (Fsp3) is 0.372. The smallest absolute Gasteiger partial charge is 0.264 e. The van der Waals surface area contributed by atoms with Gasteiger partial charge in [-0.3, -0.25) is 19.3 Å². The zero-order valence-corrected chi connectivity index (χ0v) is 32.1. The summed E-state index contributed by atoms with van der Waals surface area (Å²) in [6, 6.07) is 28.5. The van der Waals surface area contributed by atoms with Crippen LogP contribution in [0.1, 0.15) is 47.6 Å². The van der Waals surface area contributed by atoms with Gasteiger partial charge in [0.15, 0.2) is 5.60 Å². The lowest BCUT2D eigenvalue weighted by molar-refractivity contribution is -0.151. The van der Waals surface area contributed by atoms with Crippen molar-refractivity contribution in [1.82, 2.24) is 4.90 Å². The summed E-state index contributed by atoms with van der Waals surface area (Å²) in [5, 5.41) is 10.3. The maximum Gasteiger partial charge on any atom is 0.264 e. The lowest BCUT2D eigenvalue weighted by Gasteiger charge is -2.37. The number of aliphatic hydroxyl groups excluding tert-OH is 1. The number of hydrogen-bond acceptors (Lipinski definition) is 6. The molecular formula is C43H46FN3O6Si. The molecule has 8 rings (SSSR count). The van der Waals surface area contributed by atoms with Gasteiger partial charge in [0, 0.05) is 35.7 Å². The molecule has 0 bridgehead atoms. The first-order chi connectivity index (χ1) is 25.9. The van der Waals surface area contributed by atoms with E-state index in [1.165, 1.54) is 0 Å². The van der Waals surface area contributed by atoms with Gasteiger partial charge in [0.25, 0.3) is 5.91 Å². The number of benzene rings is 4. The van der Waals surface area contributed by atoms with Crippen LogP contribution in [0.3, 0.4) is 0 Å². The largest absolute Gasteiger partial charge is 0.497 e. The number of carbonyl (C=O) groups excluding carboxylic acids is 3. The van der Waals surface area contributed by atoms with E-state index in [9.17, 15) is 14.7 Å². The molecule has 0 aromatic heterocycles. The van der Waals surface area contributed by atoms with E-state index in [2.05, 4.69) is 0 Å². The van der Waals surface area contributed by atoms with E-state index in [0.29, 0.717) is 42.8 Å². The number of carbonyl (C=O) groups is 3. The van der Waals surface area contributed by atoms with Crippen LogP contribution >= 0.6 is 0 Å². The molecule has 54 heavy (non-hydrogen) atoms. The van der Waals surface area contributed by atoms with E-state index in [0.717, 1.165) is 33.6 Å². The second-order valence-corrected chi connectivity index (χ2v) is 19.4. The van der Waals surface area contributed by atoms with Crippen LogP contribution in [0.15, 0.2) is 91.0 Å². The highest BCUT2D eigenvalue weighted by atomic mass is 28.4. The van der Waals surface area contributed by atoms with E-state index in [-0.39, 0.29) is 37.3 Å². The summed E-state index contributed by atoms with van der Waals surface area (Å²) in [6.45, 7) is 5.50. The first kappa shape index (κ1) is 36.1. The van der Waals surface area contributed by atoms with Crippen LogP contribution in [0.4, 0.5) is 21.2 Å². The molecule has 9 nitrogen and oxygen atoms in total. The van der Waals surface area contributed by atoms with Gasteiger partial charge >= 0.3 is 0 Å². The maximum atomic E-state index is 16.6. The van der Waals surface area contributed by atoms with Gasteiger partial charge in [-0.1, -0.05) is 61.5 Å². The third-order valence-corrected chi connectivity index (χ3v) is 14.5. The number of para-hydroxylation sites is 1. The van der Waals surface area contributed by atoms with E-state index in [1.54, 1.807) is 41.0 Å². The lowest BCUT2D eigenvalue weighted by atomic mass is 9.82. The highest BCUT2D eigenvalue weighted by molar-refractivity contribution is 6.72. The van der Waals surface area contributed by atoms with Crippen molar-refractivity contribution >= 4 is 43.2 Å². The predicted molar refractivity (Wildman–Crippen MR) is 207 cm³/mol. The molecule has 1 spiro atoms. The van der Waals surface area contributed by atoms with Crippen molar-refractivity contribution in [3.63, 3.8) is 0 Å². The average molecular weight is 748 g/mol. The summed E-state index contributed by atoms with van der Waals surface area (Å²) in [7, 11) is -1.98. The Labute approximate surface area is 316 Å². The normalized spacial score (nSPS) is 24.8. The highest BCUT2D eigenvalue weighted by Crippen LogP contribution is 2.61. The number of nitrogens with zero attached hydrogens (tertiary/aromatic N) is 3. The van der Waals surface area contributed by atoms with Crippen molar-refractivity contribution in [2.24, 2.45) is 5.92 Å². The molecule has 1 saturated heterocycles. The van der Waals surface area contributed by atoms with Gasteiger partial charge in [-0.2, -0.15) is 0 Å². The fourth-order valence-electron chi connectivity index (χ4n) is 9.49. The predicted octanol–water partition coefficient (Wildman–Crippen LogP) is 6.96. The SMILES string of the molecule is COc1ccc2c(c1)[C@@]1(O[C@H](CC(=O)N3Cc4ccccc4C[C@H]3CO)[C@@H]([Si](C)(C)F)[C@@H]1C)C(=O)N2Cc1ccc(N2C(=O)CCc3ccccc32)cc1. The number of anilines is 3. The first-order valence-corrected chi connectivity index (χ1v) is 21.7. The van der Waals surface area contributed by atoms with Crippen molar-refractivity contribution in [3.8, 4) is 5.75 Å². The third kappa shape index (κ3) is 5.93. The standard InChI is InChI=1S/C43H46FN3O6Si/c1-27-41(54(3,4)44)38(23-40(50)45-25-31-11-6-5-10-30(31)21-33(45)26-48)53-43(27)35-22-34(52-2)18-19-37(35)46(42(43)51)24-28-13-16-32(17-14-28)47-36-12-8-7-9-29(36)15-20-39(47)49/h5-14,16-19,22,27,33,38,41,48H,15,20-21,23-26H2,1-4H3/t27-,33-,38+,41-,43+/m0/s1. The van der Waals surface area contributed by atoms with Crippen molar-refractivity contribution in [2.45, 2.75) is 82.1 Å². The highest BCUT2D eigenvalue weighted by Gasteiger charge is 2.67. The Balaban J connectivity index is 1.10. The Bertz CT molecular complexity index is 2120. The Morgan fingerprint density at radius 2 is 1.65 bits per heavy atom. The lowest BCUT2D eigenvalue weighted by Crippen LogP contribution is -2.48. The number of rotatable bonds is 8.